The number of anilines is 2. The summed E-state index contributed by atoms with van der Waals surface area (Å²) < 4.78 is 8.61. The summed E-state index contributed by atoms with van der Waals surface area (Å²) in [5.41, 5.74) is 4.30. The number of nitrogens with one attached hydrogen (secondary N) is 1. The van der Waals surface area contributed by atoms with Crippen LogP contribution < -0.4 is 15.0 Å². The second kappa shape index (κ2) is 9.03. The van der Waals surface area contributed by atoms with Crippen molar-refractivity contribution in [2.45, 2.75) is 26.7 Å². The van der Waals surface area contributed by atoms with Crippen molar-refractivity contribution >= 4 is 50.8 Å². The predicted octanol–water partition coefficient (Wildman–Crippen LogP) is 5.44. The first-order valence-electron chi connectivity index (χ1n) is 11.1. The van der Waals surface area contributed by atoms with Crippen LogP contribution in [-0.2, 0) is 7.05 Å². The van der Waals surface area contributed by atoms with E-state index in [1.165, 1.54) is 0 Å². The Morgan fingerprint density at radius 3 is 2.91 bits per heavy atom. The molecule has 1 amide bonds. The fraction of sp³-hybridized carbons (Fsp3) is 0.333. The summed E-state index contributed by atoms with van der Waals surface area (Å²) in [4.78, 5) is 24.5. The molecule has 4 heterocycles. The summed E-state index contributed by atoms with van der Waals surface area (Å²) in [6.45, 7) is 5.30. The van der Waals surface area contributed by atoms with Crippen molar-refractivity contribution in [2.24, 2.45) is 18.0 Å². The fourth-order valence-corrected chi connectivity index (χ4v) is 4.80. The number of amides is 1. The highest BCUT2D eigenvalue weighted by molar-refractivity contribution is 9.10. The van der Waals surface area contributed by atoms with Gasteiger partial charge in [-0.05, 0) is 65.9 Å². The minimum atomic E-state index is -0.355. The van der Waals surface area contributed by atoms with Gasteiger partial charge in [0.25, 0.3) is 5.91 Å². The highest BCUT2D eigenvalue weighted by Gasteiger charge is 2.29. The molecule has 0 unspecified atom stereocenters. The van der Waals surface area contributed by atoms with Gasteiger partial charge in [0.1, 0.15) is 0 Å². The van der Waals surface area contributed by atoms with Crippen molar-refractivity contribution in [1.82, 2.24) is 14.8 Å². The van der Waals surface area contributed by atoms with Crippen LogP contribution in [0.4, 0.5) is 11.4 Å². The van der Waals surface area contributed by atoms with Crippen molar-refractivity contribution in [3.05, 3.63) is 51.2 Å². The molecular formula is C24H24BrClN6O2. The number of carbonyl (C=O) groups is 1. The van der Waals surface area contributed by atoms with E-state index in [0.717, 1.165) is 34.3 Å². The molecule has 0 saturated carbocycles. The van der Waals surface area contributed by atoms with E-state index in [4.69, 9.17) is 16.3 Å². The van der Waals surface area contributed by atoms with Gasteiger partial charge in [0, 0.05) is 29.3 Å². The van der Waals surface area contributed by atoms with Crippen LogP contribution in [0.15, 0.2) is 39.9 Å². The lowest BCUT2D eigenvalue weighted by Crippen LogP contribution is -2.35. The average molecular weight is 544 g/mol. The van der Waals surface area contributed by atoms with Crippen LogP contribution in [0.25, 0.3) is 11.3 Å². The van der Waals surface area contributed by atoms with E-state index in [1.54, 1.807) is 23.0 Å². The molecule has 10 heteroatoms. The normalized spacial score (nSPS) is 19.6. The number of aryl methyl sites for hydroxylation is 2. The van der Waals surface area contributed by atoms with Gasteiger partial charge < -0.3 is 15.0 Å². The molecule has 2 aliphatic heterocycles. The van der Waals surface area contributed by atoms with Gasteiger partial charge >= 0.3 is 0 Å². The predicted molar refractivity (Wildman–Crippen MR) is 137 cm³/mol. The molecule has 1 atom stereocenters. The van der Waals surface area contributed by atoms with Gasteiger partial charge in [0.15, 0.2) is 0 Å². The zero-order chi connectivity index (χ0) is 24.0. The molecule has 0 aliphatic carbocycles. The summed E-state index contributed by atoms with van der Waals surface area (Å²) in [5.74, 6) is 1.10. The third-order valence-electron chi connectivity index (χ3n) is 5.97. The molecule has 8 nitrogen and oxygen atoms in total. The van der Waals surface area contributed by atoms with Gasteiger partial charge in [-0.1, -0.05) is 18.5 Å². The number of nitrogens with zero attached hydrogens (tertiary/aromatic N) is 5. The summed E-state index contributed by atoms with van der Waals surface area (Å²) in [5, 5.41) is 8.22. The summed E-state index contributed by atoms with van der Waals surface area (Å²) in [6.07, 6.45) is 3.54. The molecule has 176 valence electrons. The molecule has 0 saturated heterocycles. The van der Waals surface area contributed by atoms with E-state index in [-0.39, 0.29) is 5.91 Å². The Bertz CT molecular complexity index is 1320. The average Bonchev–Trinajstić information content (AvgIpc) is 3.30. The molecule has 0 radical (unpaired) electrons. The number of hydrogen-bond donors (Lipinski definition) is 1. The van der Waals surface area contributed by atoms with Crippen molar-refractivity contribution < 1.29 is 9.53 Å². The number of aromatic nitrogens is 3. The van der Waals surface area contributed by atoms with Gasteiger partial charge in [-0.3, -0.25) is 9.78 Å². The van der Waals surface area contributed by atoms with Gasteiger partial charge in [-0.2, -0.15) is 10.1 Å². The lowest BCUT2D eigenvalue weighted by Gasteiger charge is -2.23. The Morgan fingerprint density at radius 1 is 1.26 bits per heavy atom. The minimum Gasteiger partial charge on any atom is -0.477 e. The Kier molecular flexibility index (Phi) is 6.07. The summed E-state index contributed by atoms with van der Waals surface area (Å²) >= 11 is 9.84. The molecule has 2 aromatic heterocycles. The van der Waals surface area contributed by atoms with E-state index < -0.39 is 0 Å². The standard InChI is InChI=1S/C24H24BrClN6O2/c1-13-5-4-6-34-23-16(11-27-31(23)3)19-8-15(7-14(2)28-19)22(33)30-24-29-20-10-18(26)17(25)9-21(20)32(24)12-13/h7-11,13H,4-6,12H2,1-3H3,(H,29,30,33)/t13-/m1/s1. The Morgan fingerprint density at radius 2 is 2.09 bits per heavy atom. The second-order valence-electron chi connectivity index (χ2n) is 8.72. The number of benzene rings is 1. The molecular weight excluding hydrogens is 520 g/mol. The molecule has 5 rings (SSSR count). The monoisotopic (exact) mass is 542 g/mol. The maximum Gasteiger partial charge on any atom is 0.280 e. The van der Waals surface area contributed by atoms with Gasteiger partial charge in [-0.15, -0.1) is 0 Å². The third kappa shape index (κ3) is 4.30. The molecule has 1 N–H and O–H groups in total. The van der Waals surface area contributed by atoms with Crippen LogP contribution >= 0.6 is 27.5 Å². The number of halogens is 2. The number of fused-ring (bicyclic) bond motifs is 7. The van der Waals surface area contributed by atoms with Crippen LogP contribution in [0.2, 0.25) is 5.02 Å². The SMILES string of the molecule is Cc1cc2cc(n1)-c1cnn(C)c1OCCC[C@@H](C)CN1/C(=N/C2=O)Nc2cc(Cl)c(Br)cc21. The first kappa shape index (κ1) is 22.9. The van der Waals surface area contributed by atoms with E-state index in [0.29, 0.717) is 52.9 Å². The Balaban J connectivity index is 1.61. The van der Waals surface area contributed by atoms with Crippen LogP contribution in [0.5, 0.6) is 5.88 Å². The minimum absolute atomic E-state index is 0.326. The molecule has 0 spiro atoms. The maximum atomic E-state index is 13.3. The van der Waals surface area contributed by atoms with Crippen molar-refractivity contribution in [3.63, 3.8) is 0 Å². The van der Waals surface area contributed by atoms with Crippen molar-refractivity contribution in [2.75, 3.05) is 23.4 Å². The van der Waals surface area contributed by atoms with Crippen LogP contribution in [0, 0.1) is 12.8 Å². The zero-order valence-electron chi connectivity index (χ0n) is 19.1. The lowest BCUT2D eigenvalue weighted by molar-refractivity contribution is 0.100. The second-order valence-corrected chi connectivity index (χ2v) is 9.99. The number of ether oxygens (including phenoxy) is 1. The Hall–Kier alpha value is -2.91. The maximum absolute atomic E-state index is 13.3. The number of rotatable bonds is 0. The first-order valence-corrected chi connectivity index (χ1v) is 12.3. The smallest absolute Gasteiger partial charge is 0.280 e. The van der Waals surface area contributed by atoms with Crippen LogP contribution in [0.1, 0.15) is 35.8 Å². The molecule has 2 aliphatic rings. The van der Waals surface area contributed by atoms with E-state index in [1.807, 2.05) is 31.0 Å². The highest BCUT2D eigenvalue weighted by Crippen LogP contribution is 2.40. The zero-order valence-corrected chi connectivity index (χ0v) is 21.4. The quantitative estimate of drug-likeness (QED) is 0.406. The first-order chi connectivity index (χ1) is 16.3. The van der Waals surface area contributed by atoms with Crippen LogP contribution in [0.3, 0.4) is 0 Å². The number of pyridine rings is 1. The number of aliphatic imine (C=N–C) groups is 1. The number of guanidine groups is 1. The summed E-state index contributed by atoms with van der Waals surface area (Å²) in [6, 6.07) is 7.29. The molecule has 3 aromatic rings. The van der Waals surface area contributed by atoms with Gasteiger partial charge in [-0.25, -0.2) is 4.68 Å². The molecule has 1 aromatic carbocycles. The van der Waals surface area contributed by atoms with Crippen molar-refractivity contribution in [3.8, 4) is 17.1 Å². The third-order valence-corrected chi connectivity index (χ3v) is 7.17. The topological polar surface area (TPSA) is 84.6 Å². The van der Waals surface area contributed by atoms with E-state index >= 15 is 0 Å². The lowest BCUT2D eigenvalue weighted by atomic mass is 10.1. The van der Waals surface area contributed by atoms with E-state index in [2.05, 4.69) is 43.2 Å². The number of hydrogen-bond acceptors (Lipinski definition) is 6. The van der Waals surface area contributed by atoms with E-state index in [9.17, 15) is 4.79 Å². The van der Waals surface area contributed by atoms with Crippen LogP contribution in [-0.4, -0.2) is 39.8 Å². The Labute approximate surface area is 211 Å². The summed E-state index contributed by atoms with van der Waals surface area (Å²) in [7, 11) is 1.84. The largest absolute Gasteiger partial charge is 0.477 e. The fourth-order valence-electron chi connectivity index (χ4n) is 4.30. The highest BCUT2D eigenvalue weighted by atomic mass is 79.9. The van der Waals surface area contributed by atoms with Gasteiger partial charge in [0.05, 0.1) is 40.5 Å². The van der Waals surface area contributed by atoms with Gasteiger partial charge in [0.2, 0.25) is 11.8 Å². The molecule has 0 fully saturated rings. The molecule has 34 heavy (non-hydrogen) atoms. The number of carbonyl (C=O) groups excluding carboxylic acids is 1. The van der Waals surface area contributed by atoms with Crippen molar-refractivity contribution in [1.29, 1.82) is 0 Å². The molecule has 2 bridgehead atoms.